The van der Waals surface area contributed by atoms with E-state index in [1.165, 1.54) is 0 Å². The number of amides is 1. The molecule has 0 spiro atoms. The summed E-state index contributed by atoms with van der Waals surface area (Å²) in [5.74, 6) is -0.0566. The summed E-state index contributed by atoms with van der Waals surface area (Å²) in [7, 11) is 0. The number of rotatable bonds is 5. The third-order valence-corrected chi connectivity index (χ3v) is 4.93. The van der Waals surface area contributed by atoms with Gasteiger partial charge in [0.05, 0.1) is 5.41 Å². The average molecular weight is 341 g/mol. The van der Waals surface area contributed by atoms with Crippen molar-refractivity contribution in [1.82, 2.24) is 0 Å². The summed E-state index contributed by atoms with van der Waals surface area (Å²) in [5, 5.41) is 3.00. The second-order valence-corrected chi connectivity index (χ2v) is 6.68. The van der Waals surface area contributed by atoms with Crippen molar-refractivity contribution in [3.05, 3.63) is 102 Å². The molecule has 1 saturated carbocycles. The van der Waals surface area contributed by atoms with Crippen LogP contribution in [-0.4, -0.2) is 11.7 Å². The fourth-order valence-electron chi connectivity index (χ4n) is 3.27. The van der Waals surface area contributed by atoms with Crippen molar-refractivity contribution in [2.45, 2.75) is 18.3 Å². The van der Waals surface area contributed by atoms with E-state index in [0.29, 0.717) is 16.8 Å². The highest BCUT2D eigenvalue weighted by Gasteiger charge is 2.51. The van der Waals surface area contributed by atoms with Gasteiger partial charge in [-0.1, -0.05) is 72.8 Å². The second kappa shape index (κ2) is 6.60. The Morgan fingerprint density at radius 1 is 0.731 bits per heavy atom. The topological polar surface area (TPSA) is 46.2 Å². The van der Waals surface area contributed by atoms with Crippen molar-refractivity contribution < 1.29 is 9.59 Å². The molecule has 3 aromatic carbocycles. The lowest BCUT2D eigenvalue weighted by Gasteiger charge is -2.16. The number of hydrogen-bond donors (Lipinski definition) is 1. The Kier molecular flexibility index (Phi) is 4.13. The maximum atomic E-state index is 12.9. The van der Waals surface area contributed by atoms with Gasteiger partial charge in [-0.15, -0.1) is 0 Å². The molecule has 1 aliphatic rings. The summed E-state index contributed by atoms with van der Waals surface area (Å²) >= 11 is 0. The van der Waals surface area contributed by atoms with Crippen molar-refractivity contribution in [3.63, 3.8) is 0 Å². The number of carbonyl (C=O) groups excluding carboxylic acids is 2. The molecule has 1 aliphatic carbocycles. The zero-order valence-corrected chi connectivity index (χ0v) is 14.3. The SMILES string of the molecule is O=C(c1ccccc1)c1cccc(NC(=O)C2(c3ccccc3)CC2)c1. The first kappa shape index (κ1) is 16.3. The van der Waals surface area contributed by atoms with Crippen LogP contribution in [-0.2, 0) is 10.2 Å². The Morgan fingerprint density at radius 2 is 1.35 bits per heavy atom. The highest BCUT2D eigenvalue weighted by atomic mass is 16.2. The standard InChI is InChI=1S/C23H19NO2/c25-21(17-8-3-1-4-9-17)18-10-7-13-20(16-18)24-22(26)23(14-15-23)19-11-5-2-6-12-19/h1-13,16H,14-15H2,(H,24,26). The van der Waals surface area contributed by atoms with Crippen molar-refractivity contribution in [2.75, 3.05) is 5.32 Å². The second-order valence-electron chi connectivity index (χ2n) is 6.68. The first-order chi connectivity index (χ1) is 12.7. The summed E-state index contributed by atoms with van der Waals surface area (Å²) in [4.78, 5) is 25.5. The van der Waals surface area contributed by atoms with E-state index in [0.717, 1.165) is 18.4 Å². The van der Waals surface area contributed by atoms with Gasteiger partial charge in [0.15, 0.2) is 5.78 Å². The molecule has 0 aromatic heterocycles. The van der Waals surface area contributed by atoms with E-state index in [1.54, 1.807) is 30.3 Å². The molecule has 4 rings (SSSR count). The molecule has 1 fully saturated rings. The summed E-state index contributed by atoms with van der Waals surface area (Å²) in [6, 6.07) is 26.2. The van der Waals surface area contributed by atoms with Gasteiger partial charge in [-0.05, 0) is 30.5 Å². The summed E-state index contributed by atoms with van der Waals surface area (Å²) in [6.45, 7) is 0. The Bertz CT molecular complexity index is 944. The number of hydrogen-bond acceptors (Lipinski definition) is 2. The quantitative estimate of drug-likeness (QED) is 0.690. The molecule has 0 unspecified atom stereocenters. The molecule has 3 heteroatoms. The lowest BCUT2D eigenvalue weighted by atomic mass is 9.95. The number of benzene rings is 3. The Hall–Kier alpha value is -3.20. The van der Waals surface area contributed by atoms with Gasteiger partial charge in [-0.25, -0.2) is 0 Å². The third kappa shape index (κ3) is 3.04. The van der Waals surface area contributed by atoms with E-state index in [1.807, 2.05) is 54.6 Å². The zero-order valence-electron chi connectivity index (χ0n) is 14.3. The van der Waals surface area contributed by atoms with Crippen LogP contribution in [0.4, 0.5) is 5.69 Å². The number of nitrogens with one attached hydrogen (secondary N) is 1. The first-order valence-electron chi connectivity index (χ1n) is 8.76. The number of carbonyl (C=O) groups is 2. The highest BCUT2D eigenvalue weighted by Crippen LogP contribution is 2.48. The van der Waals surface area contributed by atoms with Gasteiger partial charge in [-0.3, -0.25) is 9.59 Å². The van der Waals surface area contributed by atoms with E-state index in [-0.39, 0.29) is 11.7 Å². The maximum Gasteiger partial charge on any atom is 0.235 e. The minimum Gasteiger partial charge on any atom is -0.325 e. The summed E-state index contributed by atoms with van der Waals surface area (Å²) in [5.41, 5.74) is 2.48. The van der Waals surface area contributed by atoms with Crippen LogP contribution in [0.2, 0.25) is 0 Å². The minimum absolute atomic E-state index is 0.00647. The smallest absolute Gasteiger partial charge is 0.235 e. The Labute approximate surface area is 152 Å². The lowest BCUT2D eigenvalue weighted by molar-refractivity contribution is -0.118. The first-order valence-corrected chi connectivity index (χ1v) is 8.76. The van der Waals surface area contributed by atoms with E-state index < -0.39 is 5.41 Å². The fourth-order valence-corrected chi connectivity index (χ4v) is 3.27. The van der Waals surface area contributed by atoms with Crippen LogP contribution in [0.3, 0.4) is 0 Å². The zero-order chi connectivity index (χ0) is 18.0. The van der Waals surface area contributed by atoms with E-state index in [4.69, 9.17) is 0 Å². The number of ketones is 1. The van der Waals surface area contributed by atoms with Gasteiger partial charge >= 0.3 is 0 Å². The van der Waals surface area contributed by atoms with Gasteiger partial charge in [-0.2, -0.15) is 0 Å². The molecule has 1 N–H and O–H groups in total. The molecule has 128 valence electrons. The van der Waals surface area contributed by atoms with Gasteiger partial charge in [0.1, 0.15) is 0 Å². The van der Waals surface area contributed by atoms with Gasteiger partial charge in [0.2, 0.25) is 5.91 Å². The van der Waals surface area contributed by atoms with Gasteiger partial charge in [0, 0.05) is 16.8 Å². The third-order valence-electron chi connectivity index (χ3n) is 4.93. The van der Waals surface area contributed by atoms with E-state index in [9.17, 15) is 9.59 Å². The maximum absolute atomic E-state index is 12.9. The van der Waals surface area contributed by atoms with Crippen LogP contribution in [0.25, 0.3) is 0 Å². The predicted octanol–water partition coefficient (Wildman–Crippen LogP) is 4.59. The van der Waals surface area contributed by atoms with Crippen LogP contribution in [0, 0.1) is 0 Å². The molecule has 0 bridgehead atoms. The number of anilines is 1. The molecule has 26 heavy (non-hydrogen) atoms. The Morgan fingerprint density at radius 3 is 2.00 bits per heavy atom. The normalized spacial score (nSPS) is 14.5. The van der Waals surface area contributed by atoms with E-state index in [2.05, 4.69) is 5.32 Å². The largest absolute Gasteiger partial charge is 0.325 e. The average Bonchev–Trinajstić information content (AvgIpc) is 3.51. The van der Waals surface area contributed by atoms with E-state index >= 15 is 0 Å². The van der Waals surface area contributed by atoms with Gasteiger partial charge in [0.25, 0.3) is 0 Å². The predicted molar refractivity (Wildman–Crippen MR) is 102 cm³/mol. The van der Waals surface area contributed by atoms with Crippen LogP contribution in [0.15, 0.2) is 84.9 Å². The van der Waals surface area contributed by atoms with Crippen LogP contribution < -0.4 is 5.32 Å². The van der Waals surface area contributed by atoms with Crippen molar-refractivity contribution >= 4 is 17.4 Å². The van der Waals surface area contributed by atoms with Crippen LogP contribution in [0.5, 0.6) is 0 Å². The fraction of sp³-hybridized carbons (Fsp3) is 0.130. The molecular weight excluding hydrogens is 322 g/mol. The lowest BCUT2D eigenvalue weighted by Crippen LogP contribution is -2.27. The molecule has 3 aromatic rings. The monoisotopic (exact) mass is 341 g/mol. The van der Waals surface area contributed by atoms with Gasteiger partial charge < -0.3 is 5.32 Å². The molecule has 0 atom stereocenters. The molecule has 1 amide bonds. The Balaban J connectivity index is 1.55. The molecular formula is C23H19NO2. The molecule has 0 aliphatic heterocycles. The summed E-state index contributed by atoms with van der Waals surface area (Å²) < 4.78 is 0. The van der Waals surface area contributed by atoms with Crippen molar-refractivity contribution in [3.8, 4) is 0 Å². The van der Waals surface area contributed by atoms with Crippen LogP contribution in [0.1, 0.15) is 34.3 Å². The highest BCUT2D eigenvalue weighted by molar-refractivity contribution is 6.10. The van der Waals surface area contributed by atoms with Crippen LogP contribution >= 0.6 is 0 Å². The van der Waals surface area contributed by atoms with Crippen molar-refractivity contribution in [1.29, 1.82) is 0 Å². The molecule has 3 nitrogen and oxygen atoms in total. The van der Waals surface area contributed by atoms with Crippen molar-refractivity contribution in [2.24, 2.45) is 0 Å². The molecule has 0 saturated heterocycles. The summed E-state index contributed by atoms with van der Waals surface area (Å²) in [6.07, 6.45) is 1.71. The molecule has 0 radical (unpaired) electrons. The molecule has 0 heterocycles. The minimum atomic E-state index is -0.430.